The van der Waals surface area contributed by atoms with Gasteiger partial charge in [-0.3, -0.25) is 0 Å². The Labute approximate surface area is 121 Å². The second-order valence-electron chi connectivity index (χ2n) is 4.32. The third kappa shape index (κ3) is 3.24. The summed E-state index contributed by atoms with van der Waals surface area (Å²) >= 11 is 3.54. The van der Waals surface area contributed by atoms with Crippen LogP contribution in [-0.4, -0.2) is 4.98 Å². The second kappa shape index (κ2) is 6.04. The third-order valence-electron chi connectivity index (χ3n) is 2.83. The standard InChI is InChI=1S/C14H16BrN3O/c1-9-6-12(7-10(2)13(9)15)19-8-11-4-3-5-17-14(11)18-16/h3-7H,8,16H2,1-2H3,(H,17,18). The molecule has 1 heterocycles. The molecule has 2 aromatic rings. The Morgan fingerprint density at radius 1 is 1.32 bits per heavy atom. The van der Waals surface area contributed by atoms with Crippen molar-refractivity contribution in [3.05, 3.63) is 51.6 Å². The van der Waals surface area contributed by atoms with Crippen LogP contribution in [0.2, 0.25) is 0 Å². The average molecular weight is 322 g/mol. The van der Waals surface area contributed by atoms with E-state index in [-0.39, 0.29) is 0 Å². The van der Waals surface area contributed by atoms with Crippen LogP contribution >= 0.6 is 15.9 Å². The number of nitrogens with two attached hydrogens (primary N) is 1. The van der Waals surface area contributed by atoms with Crippen molar-refractivity contribution in [3.63, 3.8) is 0 Å². The third-order valence-corrected chi connectivity index (χ3v) is 4.08. The molecule has 0 saturated carbocycles. The molecule has 2 rings (SSSR count). The maximum Gasteiger partial charge on any atom is 0.146 e. The number of hydrogen-bond donors (Lipinski definition) is 2. The first-order chi connectivity index (χ1) is 9.11. The van der Waals surface area contributed by atoms with Gasteiger partial charge in [-0.1, -0.05) is 22.0 Å². The van der Waals surface area contributed by atoms with E-state index < -0.39 is 0 Å². The number of hydrogen-bond acceptors (Lipinski definition) is 4. The van der Waals surface area contributed by atoms with E-state index in [4.69, 9.17) is 10.6 Å². The predicted octanol–water partition coefficient (Wildman–Crippen LogP) is 3.33. The summed E-state index contributed by atoms with van der Waals surface area (Å²) < 4.78 is 6.91. The van der Waals surface area contributed by atoms with Crippen molar-refractivity contribution in [3.8, 4) is 5.75 Å². The molecule has 1 aromatic heterocycles. The van der Waals surface area contributed by atoms with E-state index in [9.17, 15) is 0 Å². The average Bonchev–Trinajstić information content (AvgIpc) is 2.42. The minimum absolute atomic E-state index is 0.424. The van der Waals surface area contributed by atoms with Crippen LogP contribution in [0.15, 0.2) is 34.9 Å². The van der Waals surface area contributed by atoms with Crippen molar-refractivity contribution in [2.45, 2.75) is 20.5 Å². The number of nitrogens with zero attached hydrogens (tertiary/aromatic N) is 1. The van der Waals surface area contributed by atoms with Crippen LogP contribution in [0.25, 0.3) is 0 Å². The van der Waals surface area contributed by atoms with Gasteiger partial charge in [0.1, 0.15) is 18.2 Å². The van der Waals surface area contributed by atoms with Gasteiger partial charge in [-0.15, -0.1) is 0 Å². The molecule has 0 amide bonds. The number of rotatable bonds is 4. The van der Waals surface area contributed by atoms with Gasteiger partial charge < -0.3 is 10.2 Å². The number of aryl methyl sites for hydroxylation is 2. The molecule has 0 radical (unpaired) electrons. The molecule has 100 valence electrons. The molecule has 0 fully saturated rings. The molecule has 0 bridgehead atoms. The Kier molecular flexibility index (Phi) is 4.39. The van der Waals surface area contributed by atoms with Gasteiger partial charge in [-0.25, -0.2) is 10.8 Å². The second-order valence-corrected chi connectivity index (χ2v) is 5.11. The number of nitrogen functional groups attached to an aromatic ring is 1. The van der Waals surface area contributed by atoms with Crippen molar-refractivity contribution in [2.75, 3.05) is 5.43 Å². The van der Waals surface area contributed by atoms with E-state index in [1.54, 1.807) is 6.20 Å². The van der Waals surface area contributed by atoms with Crippen LogP contribution in [0.5, 0.6) is 5.75 Å². The minimum atomic E-state index is 0.424. The molecule has 5 heteroatoms. The SMILES string of the molecule is Cc1cc(OCc2cccnc2NN)cc(C)c1Br. The molecule has 1 aromatic carbocycles. The number of halogens is 1. The zero-order chi connectivity index (χ0) is 13.8. The van der Waals surface area contributed by atoms with E-state index in [1.165, 1.54) is 0 Å². The lowest BCUT2D eigenvalue weighted by Gasteiger charge is -2.12. The summed E-state index contributed by atoms with van der Waals surface area (Å²) in [6.07, 6.45) is 1.69. The summed E-state index contributed by atoms with van der Waals surface area (Å²) in [6, 6.07) is 7.80. The molecule has 0 spiro atoms. The van der Waals surface area contributed by atoms with Crippen molar-refractivity contribution >= 4 is 21.7 Å². The molecule has 0 aliphatic rings. The summed E-state index contributed by atoms with van der Waals surface area (Å²) in [6.45, 7) is 4.51. The zero-order valence-electron chi connectivity index (χ0n) is 10.9. The highest BCUT2D eigenvalue weighted by Gasteiger charge is 2.06. The molecule has 0 saturated heterocycles. The first-order valence-electron chi connectivity index (χ1n) is 5.92. The van der Waals surface area contributed by atoms with Crippen LogP contribution in [-0.2, 0) is 6.61 Å². The van der Waals surface area contributed by atoms with E-state index in [0.29, 0.717) is 12.4 Å². The maximum atomic E-state index is 5.79. The molecular formula is C14H16BrN3O. The Morgan fingerprint density at radius 2 is 2.00 bits per heavy atom. The summed E-state index contributed by atoms with van der Waals surface area (Å²) in [7, 11) is 0. The normalized spacial score (nSPS) is 10.3. The van der Waals surface area contributed by atoms with Gasteiger partial charge in [0.2, 0.25) is 0 Å². The number of aromatic nitrogens is 1. The van der Waals surface area contributed by atoms with Crippen molar-refractivity contribution in [2.24, 2.45) is 5.84 Å². The molecule has 0 atom stereocenters. The lowest BCUT2D eigenvalue weighted by molar-refractivity contribution is 0.306. The maximum absolute atomic E-state index is 5.79. The van der Waals surface area contributed by atoms with Crippen LogP contribution in [0, 0.1) is 13.8 Å². The van der Waals surface area contributed by atoms with Crippen molar-refractivity contribution in [1.29, 1.82) is 0 Å². The Balaban J connectivity index is 2.15. The summed E-state index contributed by atoms with van der Waals surface area (Å²) in [5, 5.41) is 0. The Hall–Kier alpha value is -1.59. The predicted molar refractivity (Wildman–Crippen MR) is 80.0 cm³/mol. The molecule has 0 aliphatic carbocycles. The zero-order valence-corrected chi connectivity index (χ0v) is 12.5. The minimum Gasteiger partial charge on any atom is -0.489 e. The van der Waals surface area contributed by atoms with Gasteiger partial charge in [-0.05, 0) is 43.2 Å². The molecular weight excluding hydrogens is 306 g/mol. The van der Waals surface area contributed by atoms with Crippen molar-refractivity contribution in [1.82, 2.24) is 4.98 Å². The van der Waals surface area contributed by atoms with Gasteiger partial charge in [0.05, 0.1) is 0 Å². The Bertz CT molecular complexity index is 564. The highest BCUT2D eigenvalue weighted by molar-refractivity contribution is 9.10. The van der Waals surface area contributed by atoms with Crippen molar-refractivity contribution < 1.29 is 4.74 Å². The first kappa shape index (κ1) is 13.8. The fourth-order valence-electron chi connectivity index (χ4n) is 1.84. The van der Waals surface area contributed by atoms with Crippen LogP contribution < -0.4 is 16.0 Å². The number of pyridine rings is 1. The first-order valence-corrected chi connectivity index (χ1v) is 6.71. The largest absolute Gasteiger partial charge is 0.489 e. The van der Waals surface area contributed by atoms with Gasteiger partial charge in [0.15, 0.2) is 0 Å². The highest BCUT2D eigenvalue weighted by atomic mass is 79.9. The number of nitrogens with one attached hydrogen (secondary N) is 1. The molecule has 0 unspecified atom stereocenters. The van der Waals surface area contributed by atoms with Gasteiger partial charge in [0.25, 0.3) is 0 Å². The van der Waals surface area contributed by atoms with Crippen LogP contribution in [0.4, 0.5) is 5.82 Å². The van der Waals surface area contributed by atoms with E-state index in [0.717, 1.165) is 26.9 Å². The summed E-state index contributed by atoms with van der Waals surface area (Å²) in [5.41, 5.74) is 5.79. The van der Waals surface area contributed by atoms with E-state index in [2.05, 4.69) is 26.3 Å². The van der Waals surface area contributed by atoms with Crippen LogP contribution in [0.1, 0.15) is 16.7 Å². The molecule has 0 aliphatic heterocycles. The number of benzene rings is 1. The number of hydrazine groups is 1. The monoisotopic (exact) mass is 321 g/mol. The summed E-state index contributed by atoms with van der Waals surface area (Å²) in [4.78, 5) is 4.14. The van der Waals surface area contributed by atoms with E-state index >= 15 is 0 Å². The molecule has 19 heavy (non-hydrogen) atoms. The molecule has 4 nitrogen and oxygen atoms in total. The fourth-order valence-corrected chi connectivity index (χ4v) is 2.06. The van der Waals surface area contributed by atoms with Crippen LogP contribution in [0.3, 0.4) is 0 Å². The fraction of sp³-hybridized carbons (Fsp3) is 0.214. The smallest absolute Gasteiger partial charge is 0.146 e. The lowest BCUT2D eigenvalue weighted by Crippen LogP contribution is -2.12. The van der Waals surface area contributed by atoms with Gasteiger partial charge in [0, 0.05) is 16.2 Å². The number of ether oxygens (including phenoxy) is 1. The molecule has 3 N–H and O–H groups in total. The van der Waals surface area contributed by atoms with E-state index in [1.807, 2.05) is 38.1 Å². The Morgan fingerprint density at radius 3 is 2.63 bits per heavy atom. The number of anilines is 1. The van der Waals surface area contributed by atoms with Gasteiger partial charge in [-0.2, -0.15) is 0 Å². The topological polar surface area (TPSA) is 60.2 Å². The quantitative estimate of drug-likeness (QED) is 0.670. The summed E-state index contributed by atoms with van der Waals surface area (Å²) in [5.74, 6) is 6.88. The van der Waals surface area contributed by atoms with Gasteiger partial charge >= 0.3 is 0 Å². The highest BCUT2D eigenvalue weighted by Crippen LogP contribution is 2.27. The lowest BCUT2D eigenvalue weighted by atomic mass is 10.1.